The van der Waals surface area contributed by atoms with Crippen LogP contribution < -0.4 is 9.47 Å². The summed E-state index contributed by atoms with van der Waals surface area (Å²) < 4.78 is 35.7. The van der Waals surface area contributed by atoms with Gasteiger partial charge in [0.1, 0.15) is 0 Å². The van der Waals surface area contributed by atoms with Crippen molar-refractivity contribution < 1.29 is 22.7 Å². The Kier molecular flexibility index (Phi) is 5.60. The summed E-state index contributed by atoms with van der Waals surface area (Å²) in [5.41, 5.74) is 2.94. The van der Waals surface area contributed by atoms with Gasteiger partial charge in [-0.2, -0.15) is 5.10 Å². The van der Waals surface area contributed by atoms with Crippen molar-refractivity contribution in [2.45, 2.75) is 26.3 Å². The zero-order chi connectivity index (χ0) is 20.5. The fourth-order valence-corrected chi connectivity index (χ4v) is 5.18. The second-order valence-corrected chi connectivity index (χ2v) is 9.08. The van der Waals surface area contributed by atoms with Crippen LogP contribution in [0.1, 0.15) is 39.8 Å². The highest BCUT2D eigenvalue weighted by Gasteiger charge is 2.31. The normalized spacial score (nSPS) is 18.5. The highest BCUT2D eigenvalue weighted by Crippen LogP contribution is 2.29. The maximum absolute atomic E-state index is 12.6. The van der Waals surface area contributed by atoms with Crippen LogP contribution in [0.5, 0.6) is 11.5 Å². The van der Waals surface area contributed by atoms with Crippen molar-refractivity contribution in [3.05, 3.63) is 46.8 Å². The van der Waals surface area contributed by atoms with Crippen LogP contribution in [0.2, 0.25) is 0 Å². The molecule has 1 aliphatic rings. The van der Waals surface area contributed by atoms with E-state index in [2.05, 4.69) is 5.10 Å². The van der Waals surface area contributed by atoms with Crippen molar-refractivity contribution in [2.24, 2.45) is 0 Å². The Bertz CT molecular complexity index is 1040. The summed E-state index contributed by atoms with van der Waals surface area (Å²) in [5, 5.41) is 4.51. The first-order valence-electron chi connectivity index (χ1n) is 8.96. The summed E-state index contributed by atoms with van der Waals surface area (Å²) in [7, 11) is 0.0666. The number of hydrogen-bond acceptors (Lipinski definition) is 6. The van der Waals surface area contributed by atoms with E-state index in [9.17, 15) is 13.2 Å². The van der Waals surface area contributed by atoms with Gasteiger partial charge in [-0.25, -0.2) is 8.42 Å². The number of rotatable bonds is 6. The van der Waals surface area contributed by atoms with Crippen LogP contribution in [0.3, 0.4) is 0 Å². The monoisotopic (exact) mass is 404 g/mol. The Hall–Kier alpha value is -2.61. The first kappa shape index (κ1) is 20.1. The van der Waals surface area contributed by atoms with Crippen LogP contribution in [0.25, 0.3) is 6.08 Å². The van der Waals surface area contributed by atoms with E-state index >= 15 is 0 Å². The number of aromatic nitrogens is 2. The number of allylic oxidation sites excluding steroid dienone is 1. The number of hydrogen-bond donors (Lipinski definition) is 0. The largest absolute Gasteiger partial charge is 0.493 e. The van der Waals surface area contributed by atoms with Gasteiger partial charge >= 0.3 is 0 Å². The zero-order valence-corrected chi connectivity index (χ0v) is 17.2. The number of carbonyl (C=O) groups excluding carboxylic acids is 1. The first-order valence-corrected chi connectivity index (χ1v) is 10.8. The number of benzene rings is 1. The highest BCUT2D eigenvalue weighted by molar-refractivity contribution is 7.91. The number of aryl methyl sites for hydroxylation is 1. The molecule has 1 saturated heterocycles. The van der Waals surface area contributed by atoms with Gasteiger partial charge in [0, 0.05) is 16.8 Å². The lowest BCUT2D eigenvalue weighted by atomic mass is 10.1. The summed E-state index contributed by atoms with van der Waals surface area (Å²) in [4.78, 5) is 12.6. The molecule has 0 bridgehead atoms. The average Bonchev–Trinajstić information content (AvgIpc) is 3.17. The van der Waals surface area contributed by atoms with E-state index in [1.165, 1.54) is 20.3 Å². The lowest BCUT2D eigenvalue weighted by Gasteiger charge is -2.10. The molecule has 0 N–H and O–H groups in total. The molecular weight excluding hydrogens is 380 g/mol. The molecule has 1 aromatic heterocycles. The molecule has 0 unspecified atom stereocenters. The van der Waals surface area contributed by atoms with Crippen molar-refractivity contribution in [3.63, 3.8) is 0 Å². The number of carbonyl (C=O) groups is 1. The third-order valence-electron chi connectivity index (χ3n) is 5.00. The van der Waals surface area contributed by atoms with Gasteiger partial charge in [-0.15, -0.1) is 0 Å². The van der Waals surface area contributed by atoms with Gasteiger partial charge in [0.05, 0.1) is 37.5 Å². The Balaban J connectivity index is 1.84. The first-order chi connectivity index (χ1) is 13.3. The van der Waals surface area contributed by atoms with Gasteiger partial charge in [0.15, 0.2) is 27.1 Å². The number of nitrogens with zero attached hydrogens (tertiary/aromatic N) is 2. The highest BCUT2D eigenvalue weighted by atomic mass is 32.2. The van der Waals surface area contributed by atoms with E-state index in [0.717, 1.165) is 17.0 Å². The predicted octanol–water partition coefficient (Wildman–Crippen LogP) is 2.77. The van der Waals surface area contributed by atoms with Crippen LogP contribution in [-0.4, -0.2) is 49.7 Å². The second kappa shape index (κ2) is 7.79. The Morgan fingerprint density at radius 2 is 1.93 bits per heavy atom. The third kappa shape index (κ3) is 3.96. The summed E-state index contributed by atoms with van der Waals surface area (Å²) in [6, 6.07) is 4.86. The van der Waals surface area contributed by atoms with E-state index in [-0.39, 0.29) is 23.3 Å². The van der Waals surface area contributed by atoms with Crippen LogP contribution in [-0.2, 0) is 9.84 Å². The molecule has 0 saturated carbocycles. The van der Waals surface area contributed by atoms with Crippen LogP contribution in [0, 0.1) is 13.8 Å². The van der Waals surface area contributed by atoms with Crippen molar-refractivity contribution >= 4 is 21.7 Å². The molecule has 150 valence electrons. The molecule has 0 radical (unpaired) electrons. The van der Waals surface area contributed by atoms with E-state index in [0.29, 0.717) is 23.5 Å². The molecule has 1 fully saturated rings. The van der Waals surface area contributed by atoms with Gasteiger partial charge in [0.25, 0.3) is 0 Å². The van der Waals surface area contributed by atoms with Gasteiger partial charge < -0.3 is 9.47 Å². The lowest BCUT2D eigenvalue weighted by Crippen LogP contribution is -2.13. The van der Waals surface area contributed by atoms with E-state index in [1.807, 2.05) is 13.8 Å². The Morgan fingerprint density at radius 1 is 1.21 bits per heavy atom. The third-order valence-corrected chi connectivity index (χ3v) is 6.76. The molecule has 1 aliphatic heterocycles. The number of sulfone groups is 1. The molecule has 0 aliphatic carbocycles. The number of ether oxygens (including phenoxy) is 2. The SMILES string of the molecule is COc1ccc(C(=O)/C=C/c2c(C)nn([C@@H]3CCS(=O)(=O)C3)c2C)cc1OC. The van der Waals surface area contributed by atoms with Crippen molar-refractivity contribution in [3.8, 4) is 11.5 Å². The lowest BCUT2D eigenvalue weighted by molar-refractivity contribution is 0.104. The topological polar surface area (TPSA) is 87.5 Å². The van der Waals surface area contributed by atoms with E-state index in [4.69, 9.17) is 9.47 Å². The van der Waals surface area contributed by atoms with Crippen LogP contribution in [0.4, 0.5) is 0 Å². The van der Waals surface area contributed by atoms with Gasteiger partial charge in [-0.1, -0.05) is 0 Å². The van der Waals surface area contributed by atoms with Crippen molar-refractivity contribution in [1.29, 1.82) is 0 Å². The second-order valence-electron chi connectivity index (χ2n) is 6.85. The standard InChI is InChI=1S/C20H24N2O5S/c1-13-17(14(2)22(21-13)16-9-10-28(24,25)12-16)6-7-18(23)15-5-8-19(26-3)20(11-15)27-4/h5-8,11,16H,9-10,12H2,1-4H3/b7-6+/t16-/m1/s1. The molecule has 1 aromatic carbocycles. The minimum Gasteiger partial charge on any atom is -0.493 e. The van der Waals surface area contributed by atoms with E-state index < -0.39 is 9.84 Å². The smallest absolute Gasteiger partial charge is 0.185 e. The molecule has 2 aromatic rings. The summed E-state index contributed by atoms with van der Waals surface area (Å²) in [6.45, 7) is 3.75. The Morgan fingerprint density at radius 3 is 2.54 bits per heavy atom. The van der Waals surface area contributed by atoms with Gasteiger partial charge in [-0.05, 0) is 50.6 Å². The zero-order valence-electron chi connectivity index (χ0n) is 16.4. The molecule has 7 nitrogen and oxygen atoms in total. The molecular formula is C20H24N2O5S. The average molecular weight is 404 g/mol. The number of methoxy groups -OCH3 is 2. The number of ketones is 1. The maximum Gasteiger partial charge on any atom is 0.185 e. The predicted molar refractivity (Wildman–Crippen MR) is 107 cm³/mol. The van der Waals surface area contributed by atoms with Crippen molar-refractivity contribution in [2.75, 3.05) is 25.7 Å². The quantitative estimate of drug-likeness (QED) is 0.543. The molecule has 0 amide bonds. The fourth-order valence-electron chi connectivity index (χ4n) is 3.49. The summed E-state index contributed by atoms with van der Waals surface area (Å²) in [5.74, 6) is 1.18. The molecule has 2 heterocycles. The maximum atomic E-state index is 12.6. The minimum absolute atomic E-state index is 0.114. The van der Waals surface area contributed by atoms with Gasteiger partial charge in [-0.3, -0.25) is 9.48 Å². The minimum atomic E-state index is -2.99. The Labute approximate surface area is 164 Å². The molecule has 1 atom stereocenters. The molecule has 28 heavy (non-hydrogen) atoms. The van der Waals surface area contributed by atoms with Crippen LogP contribution >= 0.6 is 0 Å². The summed E-state index contributed by atoms with van der Waals surface area (Å²) >= 11 is 0. The summed E-state index contributed by atoms with van der Waals surface area (Å²) in [6.07, 6.45) is 3.79. The van der Waals surface area contributed by atoms with E-state index in [1.54, 1.807) is 29.0 Å². The van der Waals surface area contributed by atoms with Gasteiger partial charge in [0.2, 0.25) is 0 Å². The molecule has 0 spiro atoms. The van der Waals surface area contributed by atoms with Crippen molar-refractivity contribution in [1.82, 2.24) is 9.78 Å². The fraction of sp³-hybridized carbons (Fsp3) is 0.400. The molecule has 3 rings (SSSR count). The van der Waals surface area contributed by atoms with Crippen LogP contribution in [0.15, 0.2) is 24.3 Å². The molecule has 8 heteroatoms.